The van der Waals surface area contributed by atoms with Crippen LogP contribution in [0, 0.1) is 5.82 Å². The van der Waals surface area contributed by atoms with Crippen molar-refractivity contribution in [1.82, 2.24) is 14.7 Å². The van der Waals surface area contributed by atoms with E-state index in [0.717, 1.165) is 36.5 Å². The van der Waals surface area contributed by atoms with Crippen LogP contribution in [0.15, 0.2) is 24.3 Å². The molecule has 0 saturated carbocycles. The molecule has 1 atom stereocenters. The zero-order valence-electron chi connectivity index (χ0n) is 14.8. The molecule has 8 heteroatoms. The Kier molecular flexibility index (Phi) is 6.51. The average Bonchev–Trinajstić information content (AvgIpc) is 3.29. The largest absolute Gasteiger partial charge is 0.385 e. The fourth-order valence-corrected chi connectivity index (χ4v) is 3.79. The lowest BCUT2D eigenvalue weighted by Gasteiger charge is -2.22. The van der Waals surface area contributed by atoms with E-state index in [1.54, 1.807) is 19.2 Å². The fourth-order valence-electron chi connectivity index (χ4n) is 3.03. The first-order valence-corrected chi connectivity index (χ1v) is 9.55. The molecule has 26 heavy (non-hydrogen) atoms. The van der Waals surface area contributed by atoms with Gasteiger partial charge in [0.25, 0.3) is 0 Å². The van der Waals surface area contributed by atoms with E-state index in [4.69, 9.17) is 4.74 Å². The molecule has 1 amide bonds. The van der Waals surface area contributed by atoms with E-state index >= 15 is 0 Å². The van der Waals surface area contributed by atoms with Gasteiger partial charge in [0.05, 0.1) is 0 Å². The number of carbonyl (C=O) groups is 1. The summed E-state index contributed by atoms with van der Waals surface area (Å²) in [5.41, 5.74) is 0.963. The lowest BCUT2D eigenvalue weighted by atomic mass is 10.1. The lowest BCUT2D eigenvalue weighted by molar-refractivity contribution is -0.122. The van der Waals surface area contributed by atoms with Gasteiger partial charge in [0.1, 0.15) is 17.7 Å². The van der Waals surface area contributed by atoms with Crippen molar-refractivity contribution >= 4 is 22.6 Å². The van der Waals surface area contributed by atoms with Gasteiger partial charge < -0.3 is 15.0 Å². The second-order valence-electron chi connectivity index (χ2n) is 6.29. The third-order valence-corrected chi connectivity index (χ3v) is 5.15. The summed E-state index contributed by atoms with van der Waals surface area (Å²) in [7, 11) is 1.65. The van der Waals surface area contributed by atoms with Crippen LogP contribution in [0.4, 0.5) is 9.52 Å². The molecule has 2 aromatic rings. The number of ether oxygens (including phenoxy) is 1. The van der Waals surface area contributed by atoms with Gasteiger partial charge in [-0.25, -0.2) is 9.37 Å². The van der Waals surface area contributed by atoms with Crippen LogP contribution in [0.1, 0.15) is 30.7 Å². The van der Waals surface area contributed by atoms with Crippen LogP contribution in [-0.2, 0) is 16.0 Å². The molecule has 1 aromatic carbocycles. The second kappa shape index (κ2) is 9.05. The van der Waals surface area contributed by atoms with Gasteiger partial charge in [-0.05, 0) is 37.0 Å². The molecule has 3 rings (SSSR count). The highest BCUT2D eigenvalue weighted by Crippen LogP contribution is 2.27. The molecule has 0 aliphatic carbocycles. The van der Waals surface area contributed by atoms with Crippen LogP contribution in [-0.4, -0.2) is 48.1 Å². The molecule has 6 nitrogen and oxygen atoms in total. The normalized spacial score (nSPS) is 16.8. The first kappa shape index (κ1) is 18.7. The Labute approximate surface area is 156 Å². The molecule has 1 N–H and O–H groups in total. The van der Waals surface area contributed by atoms with Crippen LogP contribution < -0.4 is 10.2 Å². The number of methoxy groups -OCH3 is 1. The third-order valence-electron chi connectivity index (χ3n) is 4.36. The highest BCUT2D eigenvalue weighted by atomic mass is 32.1. The number of amides is 1. The van der Waals surface area contributed by atoms with Gasteiger partial charge in [0.2, 0.25) is 11.0 Å². The quantitative estimate of drug-likeness (QED) is 0.715. The molecule has 1 unspecified atom stereocenters. The van der Waals surface area contributed by atoms with E-state index in [9.17, 15) is 9.18 Å². The summed E-state index contributed by atoms with van der Waals surface area (Å²) >= 11 is 1.31. The van der Waals surface area contributed by atoms with Crippen molar-refractivity contribution in [2.24, 2.45) is 0 Å². The van der Waals surface area contributed by atoms with Crippen LogP contribution in [0.25, 0.3) is 0 Å². The van der Waals surface area contributed by atoms with E-state index < -0.39 is 0 Å². The van der Waals surface area contributed by atoms with Crippen LogP contribution in [0.3, 0.4) is 0 Å². The number of hydrogen-bond donors (Lipinski definition) is 1. The Morgan fingerprint density at radius 3 is 3.00 bits per heavy atom. The molecule has 0 bridgehead atoms. The summed E-state index contributed by atoms with van der Waals surface area (Å²) in [6.07, 6.45) is 3.14. The first-order chi connectivity index (χ1) is 12.7. The van der Waals surface area contributed by atoms with Crippen LogP contribution in [0.2, 0.25) is 0 Å². The van der Waals surface area contributed by atoms with E-state index in [-0.39, 0.29) is 17.8 Å². The molecular formula is C18H23FN4O2S. The minimum Gasteiger partial charge on any atom is -0.385 e. The SMILES string of the molecule is COCCCNC(=O)C1CCCN1c1nc(Cc2ccc(F)cc2)ns1. The zero-order chi connectivity index (χ0) is 18.4. The van der Waals surface area contributed by atoms with Gasteiger partial charge >= 0.3 is 0 Å². The highest BCUT2D eigenvalue weighted by molar-refractivity contribution is 7.09. The lowest BCUT2D eigenvalue weighted by Crippen LogP contribution is -2.43. The zero-order valence-corrected chi connectivity index (χ0v) is 15.6. The monoisotopic (exact) mass is 378 g/mol. The standard InChI is InChI=1S/C18H23FN4O2S/c1-25-11-3-9-20-17(24)15-4-2-10-23(15)18-21-16(22-26-18)12-13-5-7-14(19)8-6-13/h5-8,15H,2-4,9-12H2,1H3,(H,20,24). The van der Waals surface area contributed by atoms with Crippen molar-refractivity contribution in [1.29, 1.82) is 0 Å². The maximum Gasteiger partial charge on any atom is 0.242 e. The number of nitrogens with one attached hydrogen (secondary N) is 1. The van der Waals surface area contributed by atoms with Crippen LogP contribution in [0.5, 0.6) is 0 Å². The highest BCUT2D eigenvalue weighted by Gasteiger charge is 2.32. The van der Waals surface area contributed by atoms with Crippen LogP contribution >= 0.6 is 11.5 Å². The summed E-state index contributed by atoms with van der Waals surface area (Å²) in [5.74, 6) is 0.480. The number of aromatic nitrogens is 2. The smallest absolute Gasteiger partial charge is 0.242 e. The van der Waals surface area contributed by atoms with Crippen molar-refractivity contribution in [3.8, 4) is 0 Å². The summed E-state index contributed by atoms with van der Waals surface area (Å²) in [6, 6.07) is 6.16. The maximum absolute atomic E-state index is 13.0. The van der Waals surface area contributed by atoms with Crippen molar-refractivity contribution in [2.75, 3.05) is 31.7 Å². The number of benzene rings is 1. The Balaban J connectivity index is 1.60. The average molecular weight is 378 g/mol. The Bertz CT molecular complexity index is 722. The number of anilines is 1. The van der Waals surface area contributed by atoms with E-state index in [2.05, 4.69) is 14.7 Å². The predicted octanol–water partition coefficient (Wildman–Crippen LogP) is 2.39. The number of halogens is 1. The topological polar surface area (TPSA) is 67.3 Å². The third kappa shape index (κ3) is 4.76. The summed E-state index contributed by atoms with van der Waals surface area (Å²) in [5, 5.41) is 3.75. The molecular weight excluding hydrogens is 355 g/mol. The Morgan fingerprint density at radius 1 is 1.42 bits per heavy atom. The number of hydrogen-bond acceptors (Lipinski definition) is 6. The minimum atomic E-state index is -0.253. The molecule has 0 radical (unpaired) electrons. The summed E-state index contributed by atoms with van der Waals surface area (Å²) < 4.78 is 22.4. The van der Waals surface area contributed by atoms with E-state index in [1.165, 1.54) is 23.7 Å². The Hall–Kier alpha value is -2.06. The second-order valence-corrected chi connectivity index (χ2v) is 7.02. The number of carbonyl (C=O) groups excluding carboxylic acids is 1. The van der Waals surface area contributed by atoms with Gasteiger partial charge in [-0.15, -0.1) is 0 Å². The molecule has 140 valence electrons. The molecule has 1 fully saturated rings. The predicted molar refractivity (Wildman–Crippen MR) is 99.0 cm³/mol. The van der Waals surface area contributed by atoms with Gasteiger partial charge in [0.15, 0.2) is 0 Å². The minimum absolute atomic E-state index is 0.0360. The molecule has 1 aliphatic rings. The number of rotatable bonds is 8. The van der Waals surface area contributed by atoms with E-state index in [1.807, 2.05) is 4.90 Å². The molecule has 1 aromatic heterocycles. The summed E-state index contributed by atoms with van der Waals surface area (Å²) in [4.78, 5) is 19.1. The van der Waals surface area contributed by atoms with Gasteiger partial charge in [-0.1, -0.05) is 12.1 Å². The first-order valence-electron chi connectivity index (χ1n) is 8.77. The van der Waals surface area contributed by atoms with Crippen molar-refractivity contribution < 1.29 is 13.9 Å². The van der Waals surface area contributed by atoms with Crippen molar-refractivity contribution in [3.63, 3.8) is 0 Å². The van der Waals surface area contributed by atoms with Gasteiger partial charge in [0, 0.05) is 44.8 Å². The van der Waals surface area contributed by atoms with Gasteiger partial charge in [-0.3, -0.25) is 4.79 Å². The van der Waals surface area contributed by atoms with Crippen molar-refractivity contribution in [3.05, 3.63) is 41.5 Å². The molecule has 1 aliphatic heterocycles. The summed E-state index contributed by atoms with van der Waals surface area (Å²) in [6.45, 7) is 2.06. The van der Waals surface area contributed by atoms with E-state index in [0.29, 0.717) is 25.4 Å². The maximum atomic E-state index is 13.0. The molecule has 2 heterocycles. The van der Waals surface area contributed by atoms with Crippen molar-refractivity contribution in [2.45, 2.75) is 31.7 Å². The van der Waals surface area contributed by atoms with Gasteiger partial charge in [-0.2, -0.15) is 4.37 Å². The Morgan fingerprint density at radius 2 is 2.23 bits per heavy atom. The molecule has 0 spiro atoms. The number of nitrogens with zero attached hydrogens (tertiary/aromatic N) is 3. The molecule has 1 saturated heterocycles. The fraction of sp³-hybridized carbons (Fsp3) is 0.500.